The number of hydrogen-bond donors (Lipinski definition) is 1. The largest absolute Gasteiger partial charge is 0.369 e. The second-order valence-electron chi connectivity index (χ2n) is 9.33. The fourth-order valence-electron chi connectivity index (χ4n) is 4.88. The SMILES string of the molecule is CN1CCN(c2ccc(NC(=O)CN3CCC[C@@H]3c3ccnc(-c4cccc(Cl)c4)n3)cc2)CC1. The van der Waals surface area contributed by atoms with Gasteiger partial charge in [-0.2, -0.15) is 0 Å². The second-order valence-corrected chi connectivity index (χ2v) is 9.77. The molecule has 7 nitrogen and oxygen atoms in total. The molecule has 0 spiro atoms. The molecule has 3 aromatic rings. The summed E-state index contributed by atoms with van der Waals surface area (Å²) in [5, 5.41) is 3.73. The first-order valence-electron chi connectivity index (χ1n) is 12.2. The van der Waals surface area contributed by atoms with Gasteiger partial charge in [0, 0.05) is 54.3 Å². The maximum atomic E-state index is 12.9. The van der Waals surface area contributed by atoms with E-state index in [4.69, 9.17) is 16.6 Å². The number of anilines is 2. The third kappa shape index (κ3) is 5.81. The highest BCUT2D eigenvalue weighted by Crippen LogP contribution is 2.31. The molecule has 0 unspecified atom stereocenters. The highest BCUT2D eigenvalue weighted by Gasteiger charge is 2.29. The summed E-state index contributed by atoms with van der Waals surface area (Å²) in [6, 6.07) is 17.8. The summed E-state index contributed by atoms with van der Waals surface area (Å²) in [5.74, 6) is 0.648. The number of rotatable bonds is 6. The van der Waals surface area contributed by atoms with Crippen molar-refractivity contribution < 1.29 is 4.79 Å². The normalized spacial score (nSPS) is 19.1. The Labute approximate surface area is 211 Å². The van der Waals surface area contributed by atoms with Crippen LogP contribution in [-0.4, -0.2) is 72.0 Å². The van der Waals surface area contributed by atoms with E-state index in [1.807, 2.05) is 42.5 Å². The standard InChI is InChI=1S/C27H31ClN6O/c1-32-14-16-33(17-15-32)23-9-7-22(8-10-23)30-26(35)19-34-13-3-6-25(34)24-11-12-29-27(31-24)20-4-2-5-21(28)18-20/h2,4-5,7-12,18,25H,3,6,13-17,19H2,1H3,(H,30,35)/t25-/m1/s1. The summed E-state index contributed by atoms with van der Waals surface area (Å²) >= 11 is 6.15. The molecule has 0 aliphatic carbocycles. The van der Waals surface area contributed by atoms with Crippen molar-refractivity contribution in [3.8, 4) is 11.4 Å². The highest BCUT2D eigenvalue weighted by atomic mass is 35.5. The molecule has 8 heteroatoms. The molecule has 2 saturated heterocycles. The number of piperazine rings is 1. The lowest BCUT2D eigenvalue weighted by Gasteiger charge is -2.34. The van der Waals surface area contributed by atoms with Crippen LogP contribution in [0.2, 0.25) is 5.02 Å². The molecule has 5 rings (SSSR count). The summed E-state index contributed by atoms with van der Waals surface area (Å²) in [5.41, 5.74) is 3.86. The van der Waals surface area contributed by atoms with Crippen LogP contribution in [0.5, 0.6) is 0 Å². The Hall–Kier alpha value is -3.00. The number of benzene rings is 2. The van der Waals surface area contributed by atoms with Crippen molar-refractivity contribution >= 4 is 28.9 Å². The molecule has 0 bridgehead atoms. The van der Waals surface area contributed by atoms with Crippen molar-refractivity contribution in [2.24, 2.45) is 0 Å². The molecule has 1 aromatic heterocycles. The zero-order valence-electron chi connectivity index (χ0n) is 20.0. The van der Waals surface area contributed by atoms with E-state index >= 15 is 0 Å². The molecule has 0 saturated carbocycles. The zero-order valence-corrected chi connectivity index (χ0v) is 20.8. The quantitative estimate of drug-likeness (QED) is 0.555. The van der Waals surface area contributed by atoms with Gasteiger partial charge in [-0.1, -0.05) is 23.7 Å². The number of nitrogens with zero attached hydrogens (tertiary/aromatic N) is 5. The monoisotopic (exact) mass is 490 g/mol. The number of amides is 1. The van der Waals surface area contributed by atoms with E-state index in [0.29, 0.717) is 17.4 Å². The average molecular weight is 491 g/mol. The predicted molar refractivity (Wildman–Crippen MR) is 141 cm³/mol. The Morgan fingerprint density at radius 2 is 1.86 bits per heavy atom. The van der Waals surface area contributed by atoms with Crippen molar-refractivity contribution in [2.75, 3.05) is 56.5 Å². The molecule has 2 fully saturated rings. The maximum Gasteiger partial charge on any atom is 0.238 e. The third-order valence-corrected chi connectivity index (χ3v) is 7.07. The van der Waals surface area contributed by atoms with E-state index < -0.39 is 0 Å². The molecular formula is C27H31ClN6O. The lowest BCUT2D eigenvalue weighted by Crippen LogP contribution is -2.44. The minimum absolute atomic E-state index is 0.00614. The van der Waals surface area contributed by atoms with Gasteiger partial charge in [-0.25, -0.2) is 9.97 Å². The summed E-state index contributed by atoms with van der Waals surface area (Å²) in [7, 11) is 2.16. The van der Waals surface area contributed by atoms with Gasteiger partial charge in [0.05, 0.1) is 18.3 Å². The number of carbonyl (C=O) groups excluding carboxylic acids is 1. The molecule has 3 heterocycles. The first-order valence-corrected chi connectivity index (χ1v) is 12.6. The fraction of sp³-hybridized carbons (Fsp3) is 0.370. The molecular weight excluding hydrogens is 460 g/mol. The van der Waals surface area contributed by atoms with Gasteiger partial charge in [0.1, 0.15) is 0 Å². The number of aromatic nitrogens is 2. The van der Waals surface area contributed by atoms with E-state index in [2.05, 4.69) is 44.2 Å². The first-order chi connectivity index (χ1) is 17.0. The molecule has 2 aromatic carbocycles. The smallest absolute Gasteiger partial charge is 0.238 e. The van der Waals surface area contributed by atoms with Crippen LogP contribution in [0.15, 0.2) is 60.8 Å². The summed E-state index contributed by atoms with van der Waals surface area (Å²) in [6.07, 6.45) is 3.80. The molecule has 0 radical (unpaired) electrons. The minimum Gasteiger partial charge on any atom is -0.369 e. The summed E-state index contributed by atoms with van der Waals surface area (Å²) < 4.78 is 0. The van der Waals surface area contributed by atoms with Gasteiger partial charge in [0.2, 0.25) is 5.91 Å². The number of likely N-dealkylation sites (tertiary alicyclic amines) is 1. The molecule has 1 atom stereocenters. The molecule has 1 amide bonds. The molecule has 182 valence electrons. The van der Waals surface area contributed by atoms with Gasteiger partial charge >= 0.3 is 0 Å². The molecule has 2 aliphatic heterocycles. The Kier molecular flexibility index (Phi) is 7.27. The van der Waals surface area contributed by atoms with E-state index in [1.165, 1.54) is 5.69 Å². The van der Waals surface area contributed by atoms with Crippen LogP contribution >= 0.6 is 11.6 Å². The first kappa shape index (κ1) is 23.7. The third-order valence-electron chi connectivity index (χ3n) is 6.83. The van der Waals surface area contributed by atoms with E-state index in [9.17, 15) is 4.79 Å². The fourth-order valence-corrected chi connectivity index (χ4v) is 5.07. The number of hydrogen-bond acceptors (Lipinski definition) is 6. The van der Waals surface area contributed by atoms with Gasteiger partial charge in [-0.3, -0.25) is 9.69 Å². The minimum atomic E-state index is -0.00614. The number of halogens is 1. The molecule has 2 aliphatic rings. The van der Waals surface area contributed by atoms with Crippen LogP contribution in [-0.2, 0) is 4.79 Å². The Morgan fingerprint density at radius 3 is 2.63 bits per heavy atom. The topological polar surface area (TPSA) is 64.6 Å². The highest BCUT2D eigenvalue weighted by molar-refractivity contribution is 6.30. The number of likely N-dealkylation sites (N-methyl/N-ethyl adjacent to an activating group) is 1. The van der Waals surface area contributed by atoms with E-state index in [1.54, 1.807) is 6.20 Å². The number of nitrogens with one attached hydrogen (secondary N) is 1. The average Bonchev–Trinajstić information content (AvgIpc) is 3.33. The molecule has 1 N–H and O–H groups in total. The van der Waals surface area contributed by atoms with Crippen LogP contribution in [0, 0.1) is 0 Å². The van der Waals surface area contributed by atoms with Crippen LogP contribution in [0.1, 0.15) is 24.6 Å². The van der Waals surface area contributed by atoms with Gasteiger partial charge in [0.25, 0.3) is 0 Å². The second kappa shape index (κ2) is 10.7. The summed E-state index contributed by atoms with van der Waals surface area (Å²) in [4.78, 5) is 29.1. The van der Waals surface area contributed by atoms with E-state index in [0.717, 1.165) is 62.5 Å². The van der Waals surface area contributed by atoms with Crippen LogP contribution < -0.4 is 10.2 Å². The van der Waals surface area contributed by atoms with Crippen molar-refractivity contribution in [3.05, 3.63) is 71.5 Å². The van der Waals surface area contributed by atoms with Crippen LogP contribution in [0.4, 0.5) is 11.4 Å². The lowest BCUT2D eigenvalue weighted by molar-refractivity contribution is -0.117. The Balaban J connectivity index is 1.21. The van der Waals surface area contributed by atoms with Crippen molar-refractivity contribution in [2.45, 2.75) is 18.9 Å². The Bertz CT molecular complexity index is 1160. The van der Waals surface area contributed by atoms with Crippen molar-refractivity contribution in [1.29, 1.82) is 0 Å². The van der Waals surface area contributed by atoms with Gasteiger partial charge in [-0.05, 0) is 68.9 Å². The van der Waals surface area contributed by atoms with Crippen LogP contribution in [0.3, 0.4) is 0 Å². The molecule has 35 heavy (non-hydrogen) atoms. The zero-order chi connectivity index (χ0) is 24.2. The van der Waals surface area contributed by atoms with Gasteiger partial charge in [0.15, 0.2) is 5.82 Å². The van der Waals surface area contributed by atoms with Crippen molar-refractivity contribution in [3.63, 3.8) is 0 Å². The van der Waals surface area contributed by atoms with Crippen LogP contribution in [0.25, 0.3) is 11.4 Å². The van der Waals surface area contributed by atoms with Crippen molar-refractivity contribution in [1.82, 2.24) is 19.8 Å². The summed E-state index contributed by atoms with van der Waals surface area (Å²) in [6.45, 7) is 5.41. The van der Waals surface area contributed by atoms with Gasteiger partial charge < -0.3 is 15.1 Å². The predicted octanol–water partition coefficient (Wildman–Crippen LogP) is 4.32. The van der Waals surface area contributed by atoms with Gasteiger partial charge in [-0.15, -0.1) is 0 Å². The van der Waals surface area contributed by atoms with E-state index in [-0.39, 0.29) is 11.9 Å². The Morgan fingerprint density at radius 1 is 1.06 bits per heavy atom. The number of carbonyl (C=O) groups is 1. The maximum absolute atomic E-state index is 12.9. The lowest BCUT2D eigenvalue weighted by atomic mass is 10.1.